The van der Waals surface area contributed by atoms with Crippen molar-refractivity contribution in [3.63, 3.8) is 0 Å². The zero-order valence-electron chi connectivity index (χ0n) is 14.7. The van der Waals surface area contributed by atoms with Crippen LogP contribution in [0.4, 0.5) is 4.79 Å². The van der Waals surface area contributed by atoms with Gasteiger partial charge in [0.15, 0.2) is 0 Å². The molecule has 0 aromatic heterocycles. The van der Waals surface area contributed by atoms with Crippen LogP contribution in [-0.4, -0.2) is 52.1 Å². The molecule has 3 saturated carbocycles. The van der Waals surface area contributed by atoms with Crippen LogP contribution in [0.5, 0.6) is 0 Å². The topological polar surface area (TPSA) is 70.0 Å². The molecule has 2 bridgehead atoms. The predicted octanol–water partition coefficient (Wildman–Crippen LogP) is 2.55. The molecule has 132 valence electrons. The molecule has 5 nitrogen and oxygen atoms in total. The second-order valence-corrected chi connectivity index (χ2v) is 8.92. The van der Waals surface area contributed by atoms with Crippen molar-refractivity contribution in [1.82, 2.24) is 4.90 Å². The molecular weight excluding hydrogens is 294 g/mol. The lowest BCUT2D eigenvalue weighted by atomic mass is 9.50. The Hall–Kier alpha value is -0.810. The van der Waals surface area contributed by atoms with Crippen molar-refractivity contribution in [2.45, 2.75) is 70.5 Å². The van der Waals surface area contributed by atoms with E-state index in [2.05, 4.69) is 0 Å². The van der Waals surface area contributed by atoms with E-state index in [1.54, 1.807) is 4.90 Å². The molecule has 1 saturated heterocycles. The summed E-state index contributed by atoms with van der Waals surface area (Å²) < 4.78 is 5.44. The summed E-state index contributed by atoms with van der Waals surface area (Å²) in [6.45, 7) is 6.36. The summed E-state index contributed by atoms with van der Waals surface area (Å²) in [5, 5.41) is 21.6. The zero-order chi connectivity index (χ0) is 16.9. The summed E-state index contributed by atoms with van der Waals surface area (Å²) in [7, 11) is 0. The molecular formula is C18H31NO4. The molecule has 5 heteroatoms. The van der Waals surface area contributed by atoms with E-state index in [0.717, 1.165) is 19.3 Å². The highest BCUT2D eigenvalue weighted by atomic mass is 16.6. The first-order valence-electron chi connectivity index (χ1n) is 9.00. The number of hydrogen-bond donors (Lipinski definition) is 2. The van der Waals surface area contributed by atoms with Crippen molar-refractivity contribution in [2.24, 2.45) is 17.3 Å². The molecule has 1 amide bonds. The predicted molar refractivity (Wildman–Crippen MR) is 87.0 cm³/mol. The van der Waals surface area contributed by atoms with E-state index in [-0.39, 0.29) is 19.2 Å². The van der Waals surface area contributed by atoms with Gasteiger partial charge in [-0.05, 0) is 58.3 Å². The molecule has 4 rings (SSSR count). The highest BCUT2D eigenvalue weighted by Gasteiger charge is 2.61. The fraction of sp³-hybridized carbons (Fsp3) is 0.944. The van der Waals surface area contributed by atoms with Crippen LogP contribution in [0.2, 0.25) is 0 Å². The molecule has 0 aromatic rings. The van der Waals surface area contributed by atoms with Gasteiger partial charge in [-0.25, -0.2) is 4.79 Å². The van der Waals surface area contributed by atoms with Gasteiger partial charge in [0.2, 0.25) is 0 Å². The van der Waals surface area contributed by atoms with Crippen LogP contribution in [0.1, 0.15) is 59.3 Å². The Balaban J connectivity index is 1.76. The Labute approximate surface area is 139 Å². The minimum Gasteiger partial charge on any atom is -0.444 e. The van der Waals surface area contributed by atoms with Gasteiger partial charge in [0.1, 0.15) is 5.60 Å². The first-order valence-corrected chi connectivity index (χ1v) is 9.00. The fourth-order valence-electron chi connectivity index (χ4n) is 5.19. The van der Waals surface area contributed by atoms with Gasteiger partial charge in [-0.3, -0.25) is 0 Å². The number of ether oxygens (including phenoxy) is 1. The minimum absolute atomic E-state index is 0.0207. The SMILES string of the molecule is CC(C)(C)OC(=O)N1CCC(O)(C2(CO)CC3CCC2CC3)C1. The van der Waals surface area contributed by atoms with Crippen molar-refractivity contribution < 1.29 is 19.7 Å². The molecule has 3 aliphatic carbocycles. The quantitative estimate of drug-likeness (QED) is 0.818. The van der Waals surface area contributed by atoms with Crippen LogP contribution in [0.15, 0.2) is 0 Å². The number of aliphatic hydroxyl groups is 2. The molecule has 0 aromatic carbocycles. The Morgan fingerprint density at radius 1 is 1.26 bits per heavy atom. The van der Waals surface area contributed by atoms with Gasteiger partial charge in [0.25, 0.3) is 0 Å². The number of fused-ring (bicyclic) bond motifs is 3. The number of β-amino-alcohol motifs (C(OH)–C–C–N with tert-alkyl or cyclic N) is 1. The van der Waals surface area contributed by atoms with E-state index in [9.17, 15) is 15.0 Å². The van der Waals surface area contributed by atoms with Gasteiger partial charge in [0, 0.05) is 12.0 Å². The van der Waals surface area contributed by atoms with Crippen LogP contribution in [0.3, 0.4) is 0 Å². The van der Waals surface area contributed by atoms with Crippen molar-refractivity contribution in [1.29, 1.82) is 0 Å². The summed E-state index contributed by atoms with van der Waals surface area (Å²) in [4.78, 5) is 13.9. The average molecular weight is 325 g/mol. The smallest absolute Gasteiger partial charge is 0.410 e. The number of nitrogens with zero attached hydrogens (tertiary/aromatic N) is 1. The number of carbonyl (C=O) groups excluding carboxylic acids is 1. The first-order chi connectivity index (χ1) is 10.7. The molecule has 23 heavy (non-hydrogen) atoms. The van der Waals surface area contributed by atoms with E-state index >= 15 is 0 Å². The summed E-state index contributed by atoms with van der Waals surface area (Å²) in [6, 6.07) is 0. The van der Waals surface area contributed by atoms with Gasteiger partial charge in [-0.15, -0.1) is 0 Å². The van der Waals surface area contributed by atoms with E-state index in [4.69, 9.17) is 4.74 Å². The van der Waals surface area contributed by atoms with E-state index < -0.39 is 16.6 Å². The van der Waals surface area contributed by atoms with E-state index in [1.165, 1.54) is 12.8 Å². The molecule has 2 unspecified atom stereocenters. The largest absolute Gasteiger partial charge is 0.444 e. The molecule has 4 aliphatic rings. The van der Waals surface area contributed by atoms with Crippen molar-refractivity contribution >= 4 is 6.09 Å². The Morgan fingerprint density at radius 3 is 2.39 bits per heavy atom. The van der Waals surface area contributed by atoms with Crippen molar-refractivity contribution in [3.05, 3.63) is 0 Å². The lowest BCUT2D eigenvalue weighted by Gasteiger charge is -2.57. The molecule has 4 fully saturated rings. The van der Waals surface area contributed by atoms with Gasteiger partial charge in [0.05, 0.1) is 18.8 Å². The first kappa shape index (κ1) is 17.0. The Morgan fingerprint density at radius 2 is 1.91 bits per heavy atom. The van der Waals surface area contributed by atoms with Crippen LogP contribution in [0, 0.1) is 17.3 Å². The van der Waals surface area contributed by atoms with Crippen molar-refractivity contribution in [3.8, 4) is 0 Å². The second kappa shape index (κ2) is 5.62. The number of carbonyl (C=O) groups is 1. The minimum atomic E-state index is -0.984. The van der Waals surface area contributed by atoms with Crippen LogP contribution >= 0.6 is 0 Å². The third-order valence-electron chi connectivity index (χ3n) is 6.39. The third-order valence-corrected chi connectivity index (χ3v) is 6.39. The number of likely N-dealkylation sites (tertiary alicyclic amines) is 1. The highest BCUT2D eigenvalue weighted by Crippen LogP contribution is 2.59. The summed E-state index contributed by atoms with van der Waals surface area (Å²) in [5.74, 6) is 0.993. The van der Waals surface area contributed by atoms with E-state index in [0.29, 0.717) is 24.8 Å². The van der Waals surface area contributed by atoms with Gasteiger partial charge >= 0.3 is 6.09 Å². The van der Waals surface area contributed by atoms with Gasteiger partial charge in [-0.2, -0.15) is 0 Å². The molecule has 0 spiro atoms. The molecule has 2 N–H and O–H groups in total. The standard InChI is InChI=1S/C18H31NO4/c1-16(2,3)23-15(21)19-9-8-18(22,11-19)17(12-20)10-13-4-6-14(17)7-5-13/h13-14,20,22H,4-12H2,1-3H3. The van der Waals surface area contributed by atoms with Crippen LogP contribution in [0.25, 0.3) is 0 Å². The maximum atomic E-state index is 12.3. The number of aliphatic hydroxyl groups excluding tert-OH is 1. The molecule has 1 aliphatic heterocycles. The maximum absolute atomic E-state index is 12.3. The fourth-order valence-corrected chi connectivity index (χ4v) is 5.19. The number of rotatable bonds is 2. The monoisotopic (exact) mass is 325 g/mol. The normalized spacial score (nSPS) is 40.5. The molecule has 2 atom stereocenters. The summed E-state index contributed by atoms with van der Waals surface area (Å²) in [6.07, 6.45) is 5.71. The second-order valence-electron chi connectivity index (χ2n) is 8.92. The number of amides is 1. The third kappa shape index (κ3) is 2.86. The maximum Gasteiger partial charge on any atom is 0.410 e. The molecule has 0 radical (unpaired) electrons. The van der Waals surface area contributed by atoms with Crippen LogP contribution < -0.4 is 0 Å². The van der Waals surface area contributed by atoms with E-state index in [1.807, 2.05) is 20.8 Å². The average Bonchev–Trinajstić information content (AvgIpc) is 2.91. The zero-order valence-corrected chi connectivity index (χ0v) is 14.7. The summed E-state index contributed by atoms with van der Waals surface area (Å²) in [5.41, 5.74) is -1.95. The summed E-state index contributed by atoms with van der Waals surface area (Å²) >= 11 is 0. The Kier molecular flexibility index (Phi) is 4.16. The van der Waals surface area contributed by atoms with Gasteiger partial charge < -0.3 is 19.8 Å². The van der Waals surface area contributed by atoms with Gasteiger partial charge in [-0.1, -0.05) is 12.8 Å². The highest BCUT2D eigenvalue weighted by molar-refractivity contribution is 5.68. The van der Waals surface area contributed by atoms with Crippen molar-refractivity contribution in [2.75, 3.05) is 19.7 Å². The Bertz CT molecular complexity index is 466. The lowest BCUT2D eigenvalue weighted by Crippen LogP contribution is -2.60. The molecule has 1 heterocycles. The number of hydrogen-bond acceptors (Lipinski definition) is 4. The lowest BCUT2D eigenvalue weighted by molar-refractivity contribution is -0.176. The van der Waals surface area contributed by atoms with Crippen LogP contribution in [-0.2, 0) is 4.74 Å².